The summed E-state index contributed by atoms with van der Waals surface area (Å²) < 4.78 is 5.23. The van der Waals surface area contributed by atoms with Gasteiger partial charge in [0.15, 0.2) is 0 Å². The first-order valence-electron chi connectivity index (χ1n) is 10.2. The second kappa shape index (κ2) is 6.23. The van der Waals surface area contributed by atoms with Crippen LogP contribution in [0.1, 0.15) is 49.4 Å². The Kier molecular flexibility index (Phi) is 3.93. The summed E-state index contributed by atoms with van der Waals surface area (Å²) in [5.41, 5.74) is 1.66. The lowest BCUT2D eigenvalue weighted by atomic mass is 9.50. The van der Waals surface area contributed by atoms with Crippen molar-refractivity contribution in [3.8, 4) is 0 Å². The summed E-state index contributed by atoms with van der Waals surface area (Å²) in [5, 5.41) is 15.3. The highest BCUT2D eigenvalue weighted by Gasteiger charge is 2.54. The number of carbonyl (C=O) groups excluding carboxylic acids is 1. The molecule has 4 aliphatic rings. The maximum absolute atomic E-state index is 12.4. The van der Waals surface area contributed by atoms with Crippen LogP contribution in [0.2, 0.25) is 0 Å². The van der Waals surface area contributed by atoms with E-state index in [9.17, 15) is 9.90 Å². The zero-order valence-corrected chi connectivity index (χ0v) is 15.7. The molecule has 0 amide bonds. The molecule has 2 aromatic rings. The van der Waals surface area contributed by atoms with Gasteiger partial charge in [-0.15, -0.1) is 0 Å². The van der Waals surface area contributed by atoms with Gasteiger partial charge in [-0.2, -0.15) is 0 Å². The molecule has 27 heavy (non-hydrogen) atoms. The minimum absolute atomic E-state index is 0.338. The Hall–Kier alpha value is -2.08. The molecule has 2 aromatic heterocycles. The quantitative estimate of drug-likeness (QED) is 0.704. The van der Waals surface area contributed by atoms with Crippen LogP contribution >= 0.6 is 0 Å². The fraction of sp³-hybridized carbons (Fsp3) is 0.619. The number of fused-ring (bicyclic) bond motifs is 1. The molecule has 0 radical (unpaired) electrons. The van der Waals surface area contributed by atoms with Crippen molar-refractivity contribution in [3.05, 3.63) is 24.0 Å². The highest BCUT2D eigenvalue weighted by atomic mass is 16.5. The summed E-state index contributed by atoms with van der Waals surface area (Å²) in [6.45, 7) is 2.98. The van der Waals surface area contributed by atoms with Gasteiger partial charge in [0.2, 0.25) is 0 Å². The predicted octanol–water partition coefficient (Wildman–Crippen LogP) is 3.34. The van der Waals surface area contributed by atoms with E-state index in [1.165, 1.54) is 12.8 Å². The monoisotopic (exact) mass is 369 g/mol. The maximum atomic E-state index is 12.4. The summed E-state index contributed by atoms with van der Waals surface area (Å²) in [6.07, 6.45) is 8.80. The van der Waals surface area contributed by atoms with E-state index < -0.39 is 5.60 Å². The molecule has 2 heterocycles. The summed E-state index contributed by atoms with van der Waals surface area (Å²) in [7, 11) is 0. The van der Waals surface area contributed by atoms with Crippen LogP contribution in [-0.2, 0) is 4.74 Å². The number of hydrogen-bond donors (Lipinski definition) is 3. The molecule has 4 saturated carbocycles. The Bertz CT molecular complexity index is 861. The fourth-order valence-corrected chi connectivity index (χ4v) is 6.20. The molecule has 0 saturated heterocycles. The number of anilines is 1. The van der Waals surface area contributed by atoms with Crippen LogP contribution in [0.4, 0.5) is 5.69 Å². The molecule has 6 nitrogen and oxygen atoms in total. The van der Waals surface area contributed by atoms with E-state index >= 15 is 0 Å². The van der Waals surface area contributed by atoms with Gasteiger partial charge in [-0.25, -0.2) is 9.78 Å². The number of pyridine rings is 1. The fourth-order valence-electron chi connectivity index (χ4n) is 6.20. The third-order valence-electron chi connectivity index (χ3n) is 7.03. The van der Waals surface area contributed by atoms with Gasteiger partial charge in [0.1, 0.15) is 11.2 Å². The first-order chi connectivity index (χ1) is 13.1. The Morgan fingerprint density at radius 3 is 2.85 bits per heavy atom. The zero-order chi connectivity index (χ0) is 18.6. The van der Waals surface area contributed by atoms with Crippen LogP contribution in [0.5, 0.6) is 0 Å². The second-order valence-corrected chi connectivity index (χ2v) is 8.75. The van der Waals surface area contributed by atoms with E-state index in [4.69, 9.17) is 4.74 Å². The topological polar surface area (TPSA) is 87.2 Å². The SMILES string of the molecule is CCOC(=O)c1cnc2[nH]ccc2c1NCC1C2CC3CC1CC(O)(C3)C2. The van der Waals surface area contributed by atoms with E-state index in [2.05, 4.69) is 15.3 Å². The lowest BCUT2D eigenvalue weighted by Crippen LogP contribution is -2.55. The van der Waals surface area contributed by atoms with Crippen molar-refractivity contribution in [2.24, 2.45) is 23.7 Å². The Morgan fingerprint density at radius 1 is 1.37 bits per heavy atom. The van der Waals surface area contributed by atoms with Crippen LogP contribution in [0, 0.1) is 23.7 Å². The molecule has 0 aliphatic heterocycles. The van der Waals surface area contributed by atoms with Crippen LogP contribution < -0.4 is 5.32 Å². The van der Waals surface area contributed by atoms with Crippen LogP contribution in [0.3, 0.4) is 0 Å². The average molecular weight is 369 g/mol. The maximum Gasteiger partial charge on any atom is 0.341 e. The number of aromatic amines is 1. The number of nitrogens with zero attached hydrogens (tertiary/aromatic N) is 1. The number of aliphatic hydroxyl groups is 1. The number of ether oxygens (including phenoxy) is 1. The largest absolute Gasteiger partial charge is 0.462 e. The van der Waals surface area contributed by atoms with Crippen molar-refractivity contribution in [2.45, 2.75) is 44.6 Å². The molecule has 3 N–H and O–H groups in total. The molecule has 6 rings (SSSR count). The summed E-state index contributed by atoms with van der Waals surface area (Å²) in [4.78, 5) is 19.9. The van der Waals surface area contributed by atoms with Gasteiger partial charge in [-0.1, -0.05) is 0 Å². The molecular formula is C21H27N3O3. The molecule has 6 heteroatoms. The van der Waals surface area contributed by atoms with Gasteiger partial charge in [0.25, 0.3) is 0 Å². The molecule has 4 bridgehead atoms. The van der Waals surface area contributed by atoms with E-state index in [1.807, 2.05) is 19.2 Å². The number of nitrogens with one attached hydrogen (secondary N) is 2. The first kappa shape index (κ1) is 17.0. The van der Waals surface area contributed by atoms with Crippen molar-refractivity contribution in [2.75, 3.05) is 18.5 Å². The summed E-state index contributed by atoms with van der Waals surface area (Å²) >= 11 is 0. The van der Waals surface area contributed by atoms with E-state index in [1.54, 1.807) is 6.20 Å². The molecule has 144 valence electrons. The van der Waals surface area contributed by atoms with E-state index in [-0.39, 0.29) is 5.97 Å². The van der Waals surface area contributed by atoms with Crippen molar-refractivity contribution in [1.82, 2.24) is 9.97 Å². The predicted molar refractivity (Wildman–Crippen MR) is 103 cm³/mol. The Labute approximate surface area is 158 Å². The van der Waals surface area contributed by atoms with Crippen LogP contribution in [0.15, 0.2) is 18.5 Å². The molecule has 4 aliphatic carbocycles. The van der Waals surface area contributed by atoms with Crippen LogP contribution in [-0.4, -0.2) is 39.8 Å². The minimum atomic E-state index is -0.409. The van der Waals surface area contributed by atoms with Gasteiger partial charge in [-0.3, -0.25) is 0 Å². The van der Waals surface area contributed by atoms with E-state index in [0.29, 0.717) is 35.8 Å². The van der Waals surface area contributed by atoms with Crippen LogP contribution in [0.25, 0.3) is 11.0 Å². The summed E-state index contributed by atoms with van der Waals surface area (Å²) in [5.74, 6) is 2.09. The smallest absolute Gasteiger partial charge is 0.341 e. The van der Waals surface area contributed by atoms with Crippen molar-refractivity contribution in [3.63, 3.8) is 0 Å². The average Bonchev–Trinajstić information content (AvgIpc) is 3.08. The molecule has 2 unspecified atom stereocenters. The number of rotatable bonds is 5. The Morgan fingerprint density at radius 2 is 2.15 bits per heavy atom. The molecule has 2 atom stereocenters. The molecule has 0 spiro atoms. The second-order valence-electron chi connectivity index (χ2n) is 8.75. The van der Waals surface area contributed by atoms with Gasteiger partial charge < -0.3 is 20.1 Å². The van der Waals surface area contributed by atoms with Crippen molar-refractivity contribution >= 4 is 22.7 Å². The lowest BCUT2D eigenvalue weighted by Gasteiger charge is -2.58. The zero-order valence-electron chi connectivity index (χ0n) is 15.7. The highest BCUT2D eigenvalue weighted by Crippen LogP contribution is 2.58. The summed E-state index contributed by atoms with van der Waals surface area (Å²) in [6, 6.07) is 1.95. The minimum Gasteiger partial charge on any atom is -0.462 e. The normalized spacial score (nSPS) is 34.1. The number of esters is 1. The number of carbonyl (C=O) groups is 1. The number of hydrogen-bond acceptors (Lipinski definition) is 5. The highest BCUT2D eigenvalue weighted by molar-refractivity contribution is 6.04. The van der Waals surface area contributed by atoms with Gasteiger partial charge in [-0.05, 0) is 68.8 Å². The molecular weight excluding hydrogens is 342 g/mol. The Balaban J connectivity index is 1.41. The first-order valence-corrected chi connectivity index (χ1v) is 10.2. The van der Waals surface area contributed by atoms with Gasteiger partial charge in [0.05, 0.1) is 17.9 Å². The number of aromatic nitrogens is 2. The van der Waals surface area contributed by atoms with Gasteiger partial charge >= 0.3 is 5.97 Å². The standard InChI is InChI=1S/C21H27N3O3/c1-2-27-20(25)17-11-24-19-15(3-4-22-19)18(17)23-10-16-13-5-12-6-14(16)9-21(26,7-12)8-13/h3-4,11-14,16,26H,2,5-10H2,1H3,(H2,22,23,24). The van der Waals surface area contributed by atoms with E-state index in [0.717, 1.165) is 42.5 Å². The van der Waals surface area contributed by atoms with Crippen molar-refractivity contribution in [1.29, 1.82) is 0 Å². The third kappa shape index (κ3) is 2.81. The molecule has 0 aromatic carbocycles. The number of H-pyrrole nitrogens is 1. The lowest BCUT2D eigenvalue weighted by molar-refractivity contribution is -0.148. The van der Waals surface area contributed by atoms with Gasteiger partial charge in [0, 0.05) is 24.3 Å². The van der Waals surface area contributed by atoms with Crippen molar-refractivity contribution < 1.29 is 14.6 Å². The molecule has 4 fully saturated rings. The third-order valence-corrected chi connectivity index (χ3v) is 7.03.